The van der Waals surface area contributed by atoms with Gasteiger partial charge in [-0.3, -0.25) is 0 Å². The molecule has 0 aliphatic carbocycles. The second kappa shape index (κ2) is 8.20. The lowest BCUT2D eigenvalue weighted by Gasteiger charge is -2.14. The van der Waals surface area contributed by atoms with E-state index in [0.29, 0.717) is 6.61 Å². The van der Waals surface area contributed by atoms with Crippen LogP contribution in [0.2, 0.25) is 0 Å². The molecule has 96 valence electrons. The van der Waals surface area contributed by atoms with Gasteiger partial charge in [-0.1, -0.05) is 25.5 Å². The van der Waals surface area contributed by atoms with Gasteiger partial charge in [-0.15, -0.1) is 0 Å². The van der Waals surface area contributed by atoms with Gasteiger partial charge in [-0.25, -0.2) is 4.39 Å². The van der Waals surface area contributed by atoms with Crippen LogP contribution in [0.15, 0.2) is 24.3 Å². The number of halogens is 1. The maximum absolute atomic E-state index is 13.0. The monoisotopic (exact) mass is 239 g/mol. The van der Waals surface area contributed by atoms with E-state index in [1.165, 1.54) is 6.07 Å². The predicted molar refractivity (Wildman–Crippen MR) is 68.5 cm³/mol. The molecule has 3 heteroatoms. The predicted octanol–water partition coefficient (Wildman–Crippen LogP) is 3.29. The Morgan fingerprint density at radius 1 is 1.35 bits per heavy atom. The molecule has 0 amide bonds. The van der Waals surface area contributed by atoms with Gasteiger partial charge >= 0.3 is 0 Å². The Balaban J connectivity index is 2.19. The van der Waals surface area contributed by atoms with Gasteiger partial charge in [0.25, 0.3) is 0 Å². The van der Waals surface area contributed by atoms with E-state index in [2.05, 4.69) is 12.2 Å². The van der Waals surface area contributed by atoms with Crippen LogP contribution in [0.4, 0.5) is 4.39 Å². The van der Waals surface area contributed by atoms with Gasteiger partial charge in [0.1, 0.15) is 5.82 Å². The lowest BCUT2D eigenvalue weighted by molar-refractivity contribution is 0.131. The average Bonchev–Trinajstić information content (AvgIpc) is 2.33. The van der Waals surface area contributed by atoms with E-state index in [9.17, 15) is 4.39 Å². The molecular formula is C14H22FNO. The first-order valence-electron chi connectivity index (χ1n) is 6.30. The minimum Gasteiger partial charge on any atom is -0.380 e. The quantitative estimate of drug-likeness (QED) is 0.703. The van der Waals surface area contributed by atoms with Crippen LogP contribution in [0.5, 0.6) is 0 Å². The first-order valence-corrected chi connectivity index (χ1v) is 6.30. The van der Waals surface area contributed by atoms with E-state index in [0.717, 1.165) is 31.6 Å². The number of hydrogen-bond donors (Lipinski definition) is 1. The van der Waals surface area contributed by atoms with Crippen molar-refractivity contribution in [1.29, 1.82) is 0 Å². The zero-order chi connectivity index (χ0) is 12.5. The lowest BCUT2D eigenvalue weighted by atomic mass is 10.1. The standard InChI is InChI=1S/C14H22FNO/c1-3-4-9-17-10-8-16-12(2)13-6-5-7-14(15)11-13/h5-7,11-12,16H,3-4,8-10H2,1-2H3/t12-/m0/s1. The van der Waals surface area contributed by atoms with Gasteiger partial charge in [-0.2, -0.15) is 0 Å². The topological polar surface area (TPSA) is 21.3 Å². The summed E-state index contributed by atoms with van der Waals surface area (Å²) in [6, 6.07) is 6.85. The zero-order valence-corrected chi connectivity index (χ0v) is 10.7. The molecule has 0 saturated heterocycles. The summed E-state index contributed by atoms with van der Waals surface area (Å²) in [5, 5.41) is 3.31. The van der Waals surface area contributed by atoms with Crippen LogP contribution in [0.25, 0.3) is 0 Å². The van der Waals surface area contributed by atoms with E-state index in [4.69, 9.17) is 4.74 Å². The summed E-state index contributed by atoms with van der Waals surface area (Å²) in [5.74, 6) is -0.185. The van der Waals surface area contributed by atoms with Crippen LogP contribution in [0, 0.1) is 5.82 Å². The second-order valence-corrected chi connectivity index (χ2v) is 4.20. The van der Waals surface area contributed by atoms with Crippen molar-refractivity contribution < 1.29 is 9.13 Å². The first kappa shape index (κ1) is 14.1. The number of benzene rings is 1. The van der Waals surface area contributed by atoms with Crippen LogP contribution in [-0.2, 0) is 4.74 Å². The summed E-state index contributed by atoms with van der Waals surface area (Å²) in [4.78, 5) is 0. The molecule has 1 aromatic carbocycles. The summed E-state index contributed by atoms with van der Waals surface area (Å²) in [7, 11) is 0. The van der Waals surface area contributed by atoms with Crippen molar-refractivity contribution in [1.82, 2.24) is 5.32 Å². The molecule has 1 atom stereocenters. The summed E-state index contributed by atoms with van der Waals surface area (Å²) < 4.78 is 18.5. The fourth-order valence-corrected chi connectivity index (χ4v) is 1.59. The number of hydrogen-bond acceptors (Lipinski definition) is 2. The van der Waals surface area contributed by atoms with Crippen LogP contribution in [0.1, 0.15) is 38.3 Å². The fourth-order valence-electron chi connectivity index (χ4n) is 1.59. The molecule has 1 N–H and O–H groups in total. The molecule has 0 aliphatic rings. The van der Waals surface area contributed by atoms with Gasteiger partial charge < -0.3 is 10.1 Å². The fraction of sp³-hybridized carbons (Fsp3) is 0.571. The minimum atomic E-state index is -0.185. The van der Waals surface area contributed by atoms with Crippen molar-refractivity contribution in [3.05, 3.63) is 35.6 Å². The third-order valence-corrected chi connectivity index (χ3v) is 2.69. The minimum absolute atomic E-state index is 0.153. The molecule has 0 aromatic heterocycles. The van der Waals surface area contributed by atoms with Crippen molar-refractivity contribution in [2.45, 2.75) is 32.7 Å². The number of ether oxygens (including phenoxy) is 1. The van der Waals surface area contributed by atoms with Crippen molar-refractivity contribution in [3.8, 4) is 0 Å². The molecule has 0 fully saturated rings. The molecule has 1 rings (SSSR count). The van der Waals surface area contributed by atoms with E-state index in [1.807, 2.05) is 13.0 Å². The van der Waals surface area contributed by atoms with E-state index >= 15 is 0 Å². The molecule has 0 heterocycles. The Bertz CT molecular complexity index is 317. The van der Waals surface area contributed by atoms with E-state index in [-0.39, 0.29) is 11.9 Å². The van der Waals surface area contributed by atoms with Crippen LogP contribution in [0.3, 0.4) is 0 Å². The molecule has 0 radical (unpaired) electrons. The number of nitrogens with one attached hydrogen (secondary N) is 1. The van der Waals surface area contributed by atoms with Crippen molar-refractivity contribution >= 4 is 0 Å². The maximum atomic E-state index is 13.0. The Labute approximate surface area is 103 Å². The molecule has 1 aromatic rings. The van der Waals surface area contributed by atoms with Crippen LogP contribution >= 0.6 is 0 Å². The van der Waals surface area contributed by atoms with Crippen molar-refractivity contribution in [3.63, 3.8) is 0 Å². The Kier molecular flexibility index (Phi) is 6.82. The van der Waals surface area contributed by atoms with Crippen LogP contribution in [-0.4, -0.2) is 19.8 Å². The first-order chi connectivity index (χ1) is 8.24. The molecule has 0 spiro atoms. The van der Waals surface area contributed by atoms with Gasteiger partial charge in [0.05, 0.1) is 6.61 Å². The summed E-state index contributed by atoms with van der Waals surface area (Å²) >= 11 is 0. The van der Waals surface area contributed by atoms with Gasteiger partial charge in [-0.05, 0) is 31.0 Å². The van der Waals surface area contributed by atoms with Gasteiger partial charge in [0.15, 0.2) is 0 Å². The van der Waals surface area contributed by atoms with Crippen molar-refractivity contribution in [2.75, 3.05) is 19.8 Å². The summed E-state index contributed by atoms with van der Waals surface area (Å²) in [6.45, 7) is 6.50. The second-order valence-electron chi connectivity index (χ2n) is 4.20. The largest absolute Gasteiger partial charge is 0.380 e. The highest BCUT2D eigenvalue weighted by Crippen LogP contribution is 2.12. The zero-order valence-electron chi connectivity index (χ0n) is 10.7. The molecule has 0 unspecified atom stereocenters. The van der Waals surface area contributed by atoms with Gasteiger partial charge in [0, 0.05) is 19.2 Å². The van der Waals surface area contributed by atoms with E-state index in [1.54, 1.807) is 12.1 Å². The Morgan fingerprint density at radius 3 is 2.88 bits per heavy atom. The number of rotatable bonds is 8. The van der Waals surface area contributed by atoms with Gasteiger partial charge in [0.2, 0.25) is 0 Å². The van der Waals surface area contributed by atoms with Crippen LogP contribution < -0.4 is 5.32 Å². The normalized spacial score (nSPS) is 12.6. The number of unbranched alkanes of at least 4 members (excludes halogenated alkanes) is 1. The highest BCUT2D eigenvalue weighted by atomic mass is 19.1. The van der Waals surface area contributed by atoms with Crippen molar-refractivity contribution in [2.24, 2.45) is 0 Å². The molecule has 2 nitrogen and oxygen atoms in total. The smallest absolute Gasteiger partial charge is 0.123 e. The van der Waals surface area contributed by atoms with E-state index < -0.39 is 0 Å². The molecule has 0 bridgehead atoms. The average molecular weight is 239 g/mol. The summed E-state index contributed by atoms with van der Waals surface area (Å²) in [6.07, 6.45) is 2.27. The Hall–Kier alpha value is -0.930. The molecule has 0 aliphatic heterocycles. The highest BCUT2D eigenvalue weighted by Gasteiger charge is 2.04. The lowest BCUT2D eigenvalue weighted by Crippen LogP contribution is -2.23. The third kappa shape index (κ3) is 5.80. The molecular weight excluding hydrogens is 217 g/mol. The SMILES string of the molecule is CCCCOCCN[C@@H](C)c1cccc(F)c1. The molecule has 17 heavy (non-hydrogen) atoms. The third-order valence-electron chi connectivity index (χ3n) is 2.69. The maximum Gasteiger partial charge on any atom is 0.123 e. The molecule has 0 saturated carbocycles. The highest BCUT2D eigenvalue weighted by molar-refractivity contribution is 5.19. The Morgan fingerprint density at radius 2 is 2.18 bits per heavy atom. The summed E-state index contributed by atoms with van der Waals surface area (Å²) in [5.41, 5.74) is 0.971.